The van der Waals surface area contributed by atoms with Crippen molar-refractivity contribution in [3.05, 3.63) is 24.3 Å². The number of hydrogen-bond donors (Lipinski definition) is 2. The van der Waals surface area contributed by atoms with Crippen LogP contribution in [0.5, 0.6) is 5.75 Å². The number of ether oxygens (including phenoxy) is 2. The molecular weight excluding hydrogens is 348 g/mol. The number of nitrogens with two attached hydrogens (primary N) is 1. The van der Waals surface area contributed by atoms with E-state index in [2.05, 4.69) is 28.2 Å². The molecule has 0 aliphatic carbocycles. The number of hydrogen-bond acceptors (Lipinski definition) is 5. The zero-order valence-electron chi connectivity index (χ0n) is 15.9. The van der Waals surface area contributed by atoms with Gasteiger partial charge in [0.15, 0.2) is 5.96 Å². The molecule has 1 aliphatic heterocycles. The Bertz CT molecular complexity index is 550. The van der Waals surface area contributed by atoms with Gasteiger partial charge in [0.25, 0.3) is 0 Å². The standard InChI is InChI=1S/C19H32N4O2S/c1-16(15-26-18-7-4-3-6-17(18)24-2)14-22-19(20)21-8-5-9-23-10-12-25-13-11-23/h3-4,6-7,16H,5,8-15H2,1-2H3,(H3,20,21,22). The van der Waals surface area contributed by atoms with Crippen LogP contribution in [-0.2, 0) is 4.74 Å². The zero-order valence-corrected chi connectivity index (χ0v) is 16.8. The van der Waals surface area contributed by atoms with Crippen LogP contribution in [0.15, 0.2) is 34.2 Å². The predicted octanol–water partition coefficient (Wildman–Crippen LogP) is 2.05. The highest BCUT2D eigenvalue weighted by Crippen LogP contribution is 2.29. The number of nitrogens with zero attached hydrogens (tertiary/aromatic N) is 2. The summed E-state index contributed by atoms with van der Waals surface area (Å²) in [5.74, 6) is 2.89. The van der Waals surface area contributed by atoms with Crippen molar-refractivity contribution in [2.24, 2.45) is 16.6 Å². The van der Waals surface area contributed by atoms with Crippen LogP contribution < -0.4 is 15.8 Å². The van der Waals surface area contributed by atoms with Gasteiger partial charge in [0.05, 0.1) is 20.3 Å². The number of nitrogens with one attached hydrogen (secondary N) is 1. The van der Waals surface area contributed by atoms with Crippen molar-refractivity contribution < 1.29 is 9.47 Å². The molecule has 7 heteroatoms. The van der Waals surface area contributed by atoms with E-state index in [1.807, 2.05) is 18.2 Å². The Kier molecular flexibility index (Phi) is 9.66. The number of para-hydroxylation sites is 1. The van der Waals surface area contributed by atoms with Crippen LogP contribution in [0.4, 0.5) is 0 Å². The maximum Gasteiger partial charge on any atom is 0.188 e. The molecule has 0 radical (unpaired) electrons. The molecule has 26 heavy (non-hydrogen) atoms. The van der Waals surface area contributed by atoms with Crippen molar-refractivity contribution in [3.8, 4) is 5.75 Å². The third kappa shape index (κ3) is 7.85. The van der Waals surface area contributed by atoms with Crippen LogP contribution in [0.3, 0.4) is 0 Å². The van der Waals surface area contributed by atoms with Gasteiger partial charge in [-0.3, -0.25) is 9.89 Å². The first-order chi connectivity index (χ1) is 12.7. The summed E-state index contributed by atoms with van der Waals surface area (Å²) in [5.41, 5.74) is 5.97. The largest absolute Gasteiger partial charge is 0.496 e. The van der Waals surface area contributed by atoms with E-state index in [0.717, 1.165) is 63.9 Å². The van der Waals surface area contributed by atoms with E-state index in [4.69, 9.17) is 15.2 Å². The first-order valence-corrected chi connectivity index (χ1v) is 10.3. The lowest BCUT2D eigenvalue weighted by atomic mass is 10.2. The molecule has 1 aromatic rings. The lowest BCUT2D eigenvalue weighted by Gasteiger charge is -2.26. The molecular formula is C19H32N4O2S. The average molecular weight is 381 g/mol. The second kappa shape index (κ2) is 12.0. The van der Waals surface area contributed by atoms with Crippen molar-refractivity contribution >= 4 is 17.7 Å². The number of morpholine rings is 1. The molecule has 0 amide bonds. The summed E-state index contributed by atoms with van der Waals surface area (Å²) in [6.07, 6.45) is 1.06. The van der Waals surface area contributed by atoms with Crippen molar-refractivity contribution in [1.82, 2.24) is 10.2 Å². The summed E-state index contributed by atoms with van der Waals surface area (Å²) in [6, 6.07) is 8.10. The summed E-state index contributed by atoms with van der Waals surface area (Å²) < 4.78 is 10.7. The van der Waals surface area contributed by atoms with Crippen molar-refractivity contribution in [3.63, 3.8) is 0 Å². The Morgan fingerprint density at radius 3 is 2.92 bits per heavy atom. The van der Waals surface area contributed by atoms with Gasteiger partial charge in [0.1, 0.15) is 5.75 Å². The smallest absolute Gasteiger partial charge is 0.188 e. The maximum absolute atomic E-state index is 5.97. The highest BCUT2D eigenvalue weighted by molar-refractivity contribution is 7.99. The number of guanidine groups is 1. The van der Waals surface area contributed by atoms with Gasteiger partial charge in [-0.15, -0.1) is 11.8 Å². The number of aliphatic imine (C=N–C) groups is 1. The Labute approximate surface area is 161 Å². The first kappa shape index (κ1) is 20.9. The molecule has 1 atom stereocenters. The molecule has 0 saturated carbocycles. The summed E-state index contributed by atoms with van der Waals surface area (Å²) >= 11 is 1.80. The molecule has 3 N–H and O–H groups in total. The second-order valence-corrected chi connectivity index (χ2v) is 7.59. The van der Waals surface area contributed by atoms with Gasteiger partial charge < -0.3 is 20.5 Å². The number of benzene rings is 1. The molecule has 1 aliphatic rings. The molecule has 1 aromatic carbocycles. The summed E-state index contributed by atoms with van der Waals surface area (Å²) in [6.45, 7) is 8.62. The Morgan fingerprint density at radius 1 is 1.38 bits per heavy atom. The topological polar surface area (TPSA) is 72.1 Å². The van der Waals surface area contributed by atoms with Gasteiger partial charge in [-0.05, 0) is 31.0 Å². The second-order valence-electron chi connectivity index (χ2n) is 6.53. The fourth-order valence-corrected chi connectivity index (χ4v) is 3.71. The number of methoxy groups -OCH3 is 1. The first-order valence-electron chi connectivity index (χ1n) is 9.28. The van der Waals surface area contributed by atoms with Crippen LogP contribution in [0.25, 0.3) is 0 Å². The SMILES string of the molecule is COc1ccccc1SCC(C)CN=C(N)NCCCN1CCOCC1. The monoisotopic (exact) mass is 380 g/mol. The quantitative estimate of drug-likeness (QED) is 0.280. The minimum atomic E-state index is 0.443. The minimum absolute atomic E-state index is 0.443. The highest BCUT2D eigenvalue weighted by atomic mass is 32.2. The number of rotatable bonds is 10. The molecule has 0 spiro atoms. The summed E-state index contributed by atoms with van der Waals surface area (Å²) in [4.78, 5) is 8.06. The minimum Gasteiger partial charge on any atom is -0.496 e. The van der Waals surface area contributed by atoms with Gasteiger partial charge >= 0.3 is 0 Å². The van der Waals surface area contributed by atoms with E-state index >= 15 is 0 Å². The highest BCUT2D eigenvalue weighted by Gasteiger charge is 2.09. The predicted molar refractivity (Wildman–Crippen MR) is 109 cm³/mol. The maximum atomic E-state index is 5.97. The fraction of sp³-hybridized carbons (Fsp3) is 0.632. The molecule has 1 heterocycles. The van der Waals surface area contributed by atoms with Crippen LogP contribution >= 0.6 is 11.8 Å². The van der Waals surface area contributed by atoms with Crippen LogP contribution in [0.1, 0.15) is 13.3 Å². The van der Waals surface area contributed by atoms with Crippen LogP contribution in [0.2, 0.25) is 0 Å². The van der Waals surface area contributed by atoms with Crippen LogP contribution in [0, 0.1) is 5.92 Å². The Balaban J connectivity index is 1.59. The van der Waals surface area contributed by atoms with Gasteiger partial charge in [-0.25, -0.2) is 0 Å². The molecule has 2 rings (SSSR count). The van der Waals surface area contributed by atoms with E-state index in [1.165, 1.54) is 4.90 Å². The molecule has 146 valence electrons. The fourth-order valence-electron chi connectivity index (χ4n) is 2.68. The van der Waals surface area contributed by atoms with E-state index in [9.17, 15) is 0 Å². The third-order valence-corrected chi connectivity index (χ3v) is 5.61. The number of thioether (sulfide) groups is 1. The van der Waals surface area contributed by atoms with E-state index in [-0.39, 0.29) is 0 Å². The molecule has 1 unspecified atom stereocenters. The van der Waals surface area contributed by atoms with Gasteiger partial charge in [-0.2, -0.15) is 0 Å². The van der Waals surface area contributed by atoms with E-state index < -0.39 is 0 Å². The van der Waals surface area contributed by atoms with Crippen molar-refractivity contribution in [1.29, 1.82) is 0 Å². The average Bonchev–Trinajstić information content (AvgIpc) is 2.69. The lowest BCUT2D eigenvalue weighted by Crippen LogP contribution is -2.39. The van der Waals surface area contributed by atoms with Crippen molar-refractivity contribution in [2.75, 3.05) is 58.8 Å². The molecule has 0 aromatic heterocycles. The Morgan fingerprint density at radius 2 is 2.15 bits per heavy atom. The van der Waals surface area contributed by atoms with Crippen LogP contribution in [-0.4, -0.2) is 69.7 Å². The van der Waals surface area contributed by atoms with Gasteiger partial charge in [-0.1, -0.05) is 19.1 Å². The molecule has 6 nitrogen and oxygen atoms in total. The van der Waals surface area contributed by atoms with Gasteiger partial charge in [0, 0.05) is 36.8 Å². The van der Waals surface area contributed by atoms with Gasteiger partial charge in [0.2, 0.25) is 0 Å². The summed E-state index contributed by atoms with van der Waals surface area (Å²) in [7, 11) is 1.71. The third-order valence-electron chi connectivity index (χ3n) is 4.23. The lowest BCUT2D eigenvalue weighted by molar-refractivity contribution is 0.0376. The Hall–Kier alpha value is -1.44. The van der Waals surface area contributed by atoms with Crippen molar-refractivity contribution in [2.45, 2.75) is 18.2 Å². The summed E-state index contributed by atoms with van der Waals surface area (Å²) in [5, 5.41) is 3.21. The zero-order chi connectivity index (χ0) is 18.6. The molecule has 0 bridgehead atoms. The molecule has 1 saturated heterocycles. The van der Waals surface area contributed by atoms with E-state index in [1.54, 1.807) is 18.9 Å². The molecule has 1 fully saturated rings. The van der Waals surface area contributed by atoms with E-state index in [0.29, 0.717) is 11.9 Å². The normalized spacial score (nSPS) is 17.1.